The van der Waals surface area contributed by atoms with Crippen molar-refractivity contribution in [1.29, 1.82) is 0 Å². The lowest BCUT2D eigenvalue weighted by molar-refractivity contribution is 0.00466. The molecule has 1 fully saturated rings. The Kier molecular flexibility index (Phi) is 7.81. The summed E-state index contributed by atoms with van der Waals surface area (Å²) < 4.78 is 51.9. The number of nitrogens with one attached hydrogen (secondary N) is 1. The molecule has 2 aromatic heterocycles. The quantitative estimate of drug-likeness (QED) is 0.345. The van der Waals surface area contributed by atoms with Crippen molar-refractivity contribution in [3.05, 3.63) is 60.4 Å². The first kappa shape index (κ1) is 26.6. The highest BCUT2D eigenvalue weighted by Gasteiger charge is 2.33. The smallest absolute Gasteiger partial charge is 0.414 e. The molecule has 1 N–H and O–H groups in total. The number of ether oxygens (including phenoxy) is 2. The summed E-state index contributed by atoms with van der Waals surface area (Å²) in [6.07, 6.45) is 5.04. The number of halogens is 1. The molecule has 2 aliphatic heterocycles. The average Bonchev–Trinajstić information content (AvgIpc) is 3.65. The number of amides is 1. The zero-order chi connectivity index (χ0) is 27.4. The number of oxime groups is 1. The normalized spacial score (nSPS) is 19.2. The second-order valence-corrected chi connectivity index (χ2v) is 10.9. The first-order valence-corrected chi connectivity index (χ1v) is 14.0. The molecule has 0 radical (unpaired) electrons. The fourth-order valence-corrected chi connectivity index (χ4v) is 4.63. The fourth-order valence-electron chi connectivity index (χ4n) is 4.18. The zero-order valence-corrected chi connectivity index (χ0v) is 21.8. The van der Waals surface area contributed by atoms with Gasteiger partial charge in [0.1, 0.15) is 17.6 Å². The van der Waals surface area contributed by atoms with Crippen LogP contribution in [0.25, 0.3) is 11.1 Å². The molecule has 4 heterocycles. The number of rotatable bonds is 11. The molecular formula is C24H26FN7O6S. The number of nitrogens with zero attached hydrogens (tertiary/aromatic N) is 6. The van der Waals surface area contributed by atoms with Crippen LogP contribution in [0.1, 0.15) is 12.1 Å². The van der Waals surface area contributed by atoms with Crippen molar-refractivity contribution >= 4 is 27.5 Å². The molecule has 206 valence electrons. The van der Waals surface area contributed by atoms with Gasteiger partial charge < -0.3 is 14.3 Å². The van der Waals surface area contributed by atoms with Crippen molar-refractivity contribution in [1.82, 2.24) is 24.7 Å². The van der Waals surface area contributed by atoms with E-state index in [1.807, 2.05) is 0 Å². The van der Waals surface area contributed by atoms with Crippen molar-refractivity contribution in [3.8, 4) is 11.1 Å². The predicted octanol–water partition coefficient (Wildman–Crippen LogP) is 1.56. The molecule has 1 saturated heterocycles. The van der Waals surface area contributed by atoms with E-state index in [4.69, 9.17) is 14.3 Å². The van der Waals surface area contributed by atoms with Gasteiger partial charge >= 0.3 is 6.09 Å². The maximum Gasteiger partial charge on any atom is 0.414 e. The number of sulfonamides is 1. The van der Waals surface area contributed by atoms with Crippen molar-refractivity contribution in [3.63, 3.8) is 0 Å². The lowest BCUT2D eigenvalue weighted by Gasteiger charge is -2.14. The van der Waals surface area contributed by atoms with Crippen molar-refractivity contribution in [2.75, 3.05) is 37.5 Å². The first-order valence-electron chi connectivity index (χ1n) is 12.1. The van der Waals surface area contributed by atoms with E-state index >= 15 is 4.39 Å². The van der Waals surface area contributed by atoms with Gasteiger partial charge in [0.15, 0.2) is 6.10 Å². The van der Waals surface area contributed by atoms with E-state index in [2.05, 4.69) is 25.2 Å². The highest BCUT2D eigenvalue weighted by Crippen LogP contribution is 2.29. The number of benzene rings is 1. The van der Waals surface area contributed by atoms with Gasteiger partial charge in [-0.15, -0.1) is 5.10 Å². The van der Waals surface area contributed by atoms with Gasteiger partial charge in [-0.2, -0.15) is 0 Å². The highest BCUT2D eigenvalue weighted by atomic mass is 32.2. The van der Waals surface area contributed by atoms with Crippen LogP contribution in [-0.4, -0.2) is 85.0 Å². The predicted molar refractivity (Wildman–Crippen MR) is 137 cm³/mol. The summed E-state index contributed by atoms with van der Waals surface area (Å²) in [4.78, 5) is 23.5. The lowest BCUT2D eigenvalue weighted by atomic mass is 10.0. The molecule has 13 nitrogen and oxygen atoms in total. The molecule has 1 amide bonds. The topological polar surface area (TPSA) is 150 Å². The molecule has 0 bridgehead atoms. The number of cyclic esters (lactones) is 1. The molecule has 0 unspecified atom stereocenters. The van der Waals surface area contributed by atoms with Gasteiger partial charge in [0.25, 0.3) is 0 Å². The van der Waals surface area contributed by atoms with Crippen LogP contribution in [0, 0.1) is 5.82 Å². The maximum atomic E-state index is 15.1. The van der Waals surface area contributed by atoms with Gasteiger partial charge in [-0.3, -0.25) is 9.88 Å². The van der Waals surface area contributed by atoms with Crippen LogP contribution < -0.4 is 9.62 Å². The number of carbonyl (C=O) groups excluding carboxylic acids is 1. The Bertz CT molecular complexity index is 1450. The average molecular weight is 560 g/mol. The summed E-state index contributed by atoms with van der Waals surface area (Å²) in [6.45, 7) is 1.25. The Morgan fingerprint density at radius 3 is 2.82 bits per heavy atom. The van der Waals surface area contributed by atoms with Crippen LogP contribution >= 0.6 is 0 Å². The minimum atomic E-state index is -3.25. The highest BCUT2D eigenvalue weighted by molar-refractivity contribution is 7.88. The molecule has 0 spiro atoms. The minimum absolute atomic E-state index is 0.173. The molecule has 1 aromatic carbocycles. The van der Waals surface area contributed by atoms with Crippen LogP contribution in [0.15, 0.2) is 54.1 Å². The third-order valence-electron chi connectivity index (χ3n) is 6.02. The molecule has 15 heteroatoms. The summed E-state index contributed by atoms with van der Waals surface area (Å²) in [6, 6.07) is 8.03. The van der Waals surface area contributed by atoms with Crippen molar-refractivity contribution in [2.45, 2.75) is 25.2 Å². The Morgan fingerprint density at radius 1 is 1.23 bits per heavy atom. The maximum absolute atomic E-state index is 15.1. The Labute approximate surface area is 223 Å². The second kappa shape index (κ2) is 11.4. The Balaban J connectivity index is 1.15. The van der Waals surface area contributed by atoms with Gasteiger partial charge in [0.2, 0.25) is 10.0 Å². The largest absolute Gasteiger partial charge is 0.442 e. The van der Waals surface area contributed by atoms with Gasteiger partial charge in [-0.05, 0) is 24.3 Å². The van der Waals surface area contributed by atoms with E-state index in [0.29, 0.717) is 41.2 Å². The molecule has 0 aliphatic carbocycles. The van der Waals surface area contributed by atoms with E-state index in [1.54, 1.807) is 41.3 Å². The van der Waals surface area contributed by atoms with Crippen LogP contribution in [0.4, 0.5) is 14.9 Å². The molecular weight excluding hydrogens is 533 g/mol. The molecule has 2 aliphatic rings. The third-order valence-corrected chi connectivity index (χ3v) is 6.75. The van der Waals surface area contributed by atoms with Crippen LogP contribution in [0.2, 0.25) is 0 Å². The molecule has 3 aromatic rings. The van der Waals surface area contributed by atoms with Crippen LogP contribution in [0.3, 0.4) is 0 Å². The number of hydrogen-bond donors (Lipinski definition) is 1. The van der Waals surface area contributed by atoms with Crippen LogP contribution in [0.5, 0.6) is 0 Å². The molecule has 0 saturated carbocycles. The lowest BCUT2D eigenvalue weighted by Crippen LogP contribution is -2.27. The van der Waals surface area contributed by atoms with Gasteiger partial charge in [0, 0.05) is 36.5 Å². The number of pyridine rings is 1. The minimum Gasteiger partial charge on any atom is -0.442 e. The third kappa shape index (κ3) is 6.74. The van der Waals surface area contributed by atoms with E-state index < -0.39 is 28.0 Å². The number of hydrogen-bond acceptors (Lipinski definition) is 10. The second-order valence-electron chi connectivity index (χ2n) is 9.05. The number of carbonyl (C=O) groups is 1. The fraction of sp³-hybridized carbons (Fsp3) is 0.375. The summed E-state index contributed by atoms with van der Waals surface area (Å²) in [5, 5.41) is 11.7. The molecule has 39 heavy (non-hydrogen) atoms. The summed E-state index contributed by atoms with van der Waals surface area (Å²) >= 11 is 0. The first-order chi connectivity index (χ1) is 18.7. The Hall–Kier alpha value is -3.95. The van der Waals surface area contributed by atoms with Gasteiger partial charge in [0.05, 0.1) is 50.1 Å². The monoisotopic (exact) mass is 559 g/mol. The molecule has 5 rings (SSSR count). The summed E-state index contributed by atoms with van der Waals surface area (Å²) in [7, 11) is -3.25. The number of anilines is 1. The SMILES string of the molecule is CS(=O)(=O)NCCOC[C@@H]1CC(c2ccc(-c3ccc(N4C[C@H](Cn5ccnn5)OC4=O)cc3F)cn2)=NO1. The zero-order valence-electron chi connectivity index (χ0n) is 20.9. The summed E-state index contributed by atoms with van der Waals surface area (Å²) in [5.41, 5.74) is 2.52. The van der Waals surface area contributed by atoms with Crippen molar-refractivity contribution in [2.24, 2.45) is 5.16 Å². The number of aromatic nitrogens is 4. The Morgan fingerprint density at radius 2 is 2.10 bits per heavy atom. The van der Waals surface area contributed by atoms with E-state index in [-0.39, 0.29) is 32.4 Å². The van der Waals surface area contributed by atoms with Gasteiger partial charge in [-0.1, -0.05) is 16.4 Å². The van der Waals surface area contributed by atoms with Crippen LogP contribution in [-0.2, 0) is 30.9 Å². The summed E-state index contributed by atoms with van der Waals surface area (Å²) in [5.74, 6) is -0.501. The van der Waals surface area contributed by atoms with Crippen molar-refractivity contribution < 1.29 is 31.9 Å². The van der Waals surface area contributed by atoms with E-state index in [0.717, 1.165) is 6.26 Å². The van der Waals surface area contributed by atoms with E-state index in [1.165, 1.54) is 17.2 Å². The van der Waals surface area contributed by atoms with Gasteiger partial charge in [-0.25, -0.2) is 27.0 Å². The molecule has 2 atom stereocenters. The van der Waals surface area contributed by atoms with E-state index in [9.17, 15) is 13.2 Å². The standard InChI is InChI=1S/C24H26FN7O6S/c1-39(34,35)28-7-9-36-15-18-11-23(29-38-18)22-5-2-16(12-26-22)20-4-3-17(10-21(20)25)32-14-19(37-24(32)33)13-31-8-6-27-30-31/h2-6,8,10,12,18-19,28H,7,9,11,13-15H2,1H3/t18-,19-/m0/s1.